The molecule has 4 rings (SSSR count). The van der Waals surface area contributed by atoms with Crippen molar-refractivity contribution in [3.05, 3.63) is 40.4 Å². The zero-order valence-electron chi connectivity index (χ0n) is 8.96. The lowest BCUT2D eigenvalue weighted by Crippen LogP contribution is -2.38. The number of benzene rings is 1. The number of allylic oxidation sites excluding steroid dienone is 2. The van der Waals surface area contributed by atoms with Gasteiger partial charge in [-0.2, -0.15) is 0 Å². The van der Waals surface area contributed by atoms with Crippen molar-refractivity contribution in [2.24, 2.45) is 11.3 Å². The van der Waals surface area contributed by atoms with Crippen LogP contribution in [0.3, 0.4) is 0 Å². The molecule has 2 bridgehead atoms. The van der Waals surface area contributed by atoms with Gasteiger partial charge in [0.25, 0.3) is 0 Å². The maximum Gasteiger partial charge on any atom is 0.0181 e. The summed E-state index contributed by atoms with van der Waals surface area (Å²) < 4.78 is 1.19. The van der Waals surface area contributed by atoms with E-state index in [-0.39, 0.29) is 0 Å². The lowest BCUT2D eigenvalue weighted by Gasteiger charge is -2.51. The average Bonchev–Trinajstić information content (AvgIpc) is 2.16. The zero-order chi connectivity index (χ0) is 10.5. The van der Waals surface area contributed by atoms with E-state index in [4.69, 9.17) is 0 Å². The Morgan fingerprint density at radius 3 is 2.80 bits per heavy atom. The molecule has 0 heterocycles. The monoisotopic (exact) mass is 262 g/mol. The highest BCUT2D eigenvalue weighted by molar-refractivity contribution is 9.10. The molecule has 0 amide bonds. The normalized spacial score (nSPS) is 33.2. The van der Waals surface area contributed by atoms with Gasteiger partial charge >= 0.3 is 0 Å². The van der Waals surface area contributed by atoms with Crippen LogP contribution in [0.4, 0.5) is 0 Å². The lowest BCUT2D eigenvalue weighted by atomic mass is 9.54. The van der Waals surface area contributed by atoms with Crippen LogP contribution < -0.4 is 0 Å². The highest BCUT2D eigenvalue weighted by atomic mass is 79.9. The predicted molar refractivity (Wildman–Crippen MR) is 67.6 cm³/mol. The number of hydrogen-bond acceptors (Lipinski definition) is 0. The van der Waals surface area contributed by atoms with Gasteiger partial charge in [0.2, 0.25) is 0 Å². The fourth-order valence-electron chi connectivity index (χ4n) is 3.25. The van der Waals surface area contributed by atoms with Gasteiger partial charge in [-0.3, -0.25) is 0 Å². The summed E-state index contributed by atoms with van der Waals surface area (Å²) in [6, 6.07) is 8.71. The van der Waals surface area contributed by atoms with Crippen LogP contribution in [0.2, 0.25) is 0 Å². The topological polar surface area (TPSA) is 0 Å². The minimum Gasteiger partial charge on any atom is -0.0799 e. The molecule has 15 heavy (non-hydrogen) atoms. The van der Waals surface area contributed by atoms with Crippen molar-refractivity contribution in [1.29, 1.82) is 0 Å². The smallest absolute Gasteiger partial charge is 0.0181 e. The van der Waals surface area contributed by atoms with E-state index in [9.17, 15) is 0 Å². The molecule has 0 nitrogen and oxygen atoms in total. The summed E-state index contributed by atoms with van der Waals surface area (Å²) in [4.78, 5) is 0. The van der Waals surface area contributed by atoms with Gasteiger partial charge in [0.15, 0.2) is 0 Å². The van der Waals surface area contributed by atoms with Crippen molar-refractivity contribution in [1.82, 2.24) is 0 Å². The van der Waals surface area contributed by atoms with E-state index in [2.05, 4.69) is 53.2 Å². The highest BCUT2D eigenvalue weighted by Gasteiger charge is 2.45. The van der Waals surface area contributed by atoms with Gasteiger partial charge in [-0.25, -0.2) is 0 Å². The molecule has 3 aliphatic rings. The molecule has 0 spiro atoms. The van der Waals surface area contributed by atoms with E-state index in [0.29, 0.717) is 5.41 Å². The first-order valence-electron chi connectivity index (χ1n) is 5.64. The van der Waals surface area contributed by atoms with Gasteiger partial charge in [0.05, 0.1) is 0 Å². The molecule has 0 atom stereocenters. The second kappa shape index (κ2) is 3.21. The Bertz CT molecular complexity index is 425. The second-order valence-electron chi connectivity index (χ2n) is 5.20. The third-order valence-electron chi connectivity index (χ3n) is 3.92. The van der Waals surface area contributed by atoms with Crippen LogP contribution in [0.5, 0.6) is 0 Å². The molecule has 0 N–H and O–H groups in total. The Morgan fingerprint density at radius 1 is 1.33 bits per heavy atom. The molecule has 1 aromatic carbocycles. The Labute approximate surface area is 99.5 Å². The van der Waals surface area contributed by atoms with Crippen molar-refractivity contribution in [2.45, 2.75) is 26.2 Å². The summed E-state index contributed by atoms with van der Waals surface area (Å²) in [7, 11) is 0. The largest absolute Gasteiger partial charge is 0.0799 e. The van der Waals surface area contributed by atoms with E-state index < -0.39 is 0 Å². The van der Waals surface area contributed by atoms with Crippen molar-refractivity contribution >= 4 is 21.5 Å². The summed E-state index contributed by atoms with van der Waals surface area (Å²) in [5.41, 5.74) is 3.46. The van der Waals surface area contributed by atoms with Crippen LogP contribution in [0.15, 0.2) is 34.8 Å². The SMILES string of the molecule is CC12CC(CC=C1c1cccc(Br)c1)C2. The Morgan fingerprint density at radius 2 is 2.13 bits per heavy atom. The molecule has 78 valence electrons. The van der Waals surface area contributed by atoms with Gasteiger partial charge in [-0.05, 0) is 53.9 Å². The summed E-state index contributed by atoms with van der Waals surface area (Å²) in [6.45, 7) is 2.41. The number of rotatable bonds is 1. The van der Waals surface area contributed by atoms with Crippen molar-refractivity contribution in [2.75, 3.05) is 0 Å². The fraction of sp³-hybridized carbons (Fsp3) is 0.429. The van der Waals surface area contributed by atoms with Gasteiger partial charge in [-0.15, -0.1) is 0 Å². The average molecular weight is 263 g/mol. The minimum atomic E-state index is 0.476. The van der Waals surface area contributed by atoms with E-state index in [1.807, 2.05) is 0 Å². The van der Waals surface area contributed by atoms with Crippen LogP contribution in [0.25, 0.3) is 5.57 Å². The van der Waals surface area contributed by atoms with Gasteiger partial charge in [0.1, 0.15) is 0 Å². The third kappa shape index (κ3) is 1.48. The minimum absolute atomic E-state index is 0.476. The van der Waals surface area contributed by atoms with Gasteiger partial charge in [0, 0.05) is 4.47 Å². The summed E-state index contributed by atoms with van der Waals surface area (Å²) in [6.07, 6.45) is 6.54. The molecule has 0 radical (unpaired) electrons. The zero-order valence-corrected chi connectivity index (χ0v) is 10.5. The van der Waals surface area contributed by atoms with Crippen LogP contribution >= 0.6 is 15.9 Å². The van der Waals surface area contributed by atoms with Gasteiger partial charge < -0.3 is 0 Å². The first-order valence-corrected chi connectivity index (χ1v) is 6.43. The van der Waals surface area contributed by atoms with Crippen molar-refractivity contribution in [3.63, 3.8) is 0 Å². The number of fused-ring (bicyclic) bond motifs is 1. The number of halogens is 1. The highest BCUT2D eigenvalue weighted by Crippen LogP contribution is 2.58. The molecular formula is C14H15Br. The maximum atomic E-state index is 3.55. The predicted octanol–water partition coefficient (Wildman–Crippen LogP) is 4.65. The van der Waals surface area contributed by atoms with Crippen LogP contribution in [0.1, 0.15) is 31.7 Å². The molecule has 1 heteroatoms. The standard InChI is InChI=1S/C14H15Br/c1-14-8-10(9-14)5-6-13(14)11-3-2-4-12(15)7-11/h2-4,6-7,10H,5,8-9H2,1H3. The Hall–Kier alpha value is -0.560. The molecule has 1 aromatic rings. The van der Waals surface area contributed by atoms with Crippen LogP contribution in [-0.2, 0) is 0 Å². The second-order valence-corrected chi connectivity index (χ2v) is 6.11. The first kappa shape index (κ1) is 9.65. The van der Waals surface area contributed by atoms with E-state index in [1.54, 1.807) is 5.57 Å². The van der Waals surface area contributed by atoms with E-state index in [1.165, 1.54) is 29.3 Å². The first-order chi connectivity index (χ1) is 7.17. The fourth-order valence-corrected chi connectivity index (χ4v) is 3.65. The van der Waals surface area contributed by atoms with E-state index >= 15 is 0 Å². The molecular weight excluding hydrogens is 248 g/mol. The van der Waals surface area contributed by atoms with Crippen molar-refractivity contribution in [3.8, 4) is 0 Å². The maximum absolute atomic E-state index is 3.55. The third-order valence-corrected chi connectivity index (χ3v) is 4.41. The molecule has 0 aromatic heterocycles. The van der Waals surface area contributed by atoms with Crippen LogP contribution in [-0.4, -0.2) is 0 Å². The van der Waals surface area contributed by atoms with Crippen LogP contribution in [0, 0.1) is 11.3 Å². The Balaban J connectivity index is 2.03. The molecule has 1 saturated carbocycles. The summed E-state index contributed by atoms with van der Waals surface area (Å²) in [5, 5.41) is 0. The molecule has 0 unspecified atom stereocenters. The van der Waals surface area contributed by atoms with Crippen molar-refractivity contribution < 1.29 is 0 Å². The molecule has 0 aliphatic heterocycles. The number of hydrogen-bond donors (Lipinski definition) is 0. The molecule has 3 aliphatic carbocycles. The molecule has 0 saturated heterocycles. The van der Waals surface area contributed by atoms with Gasteiger partial charge in [-0.1, -0.05) is 41.1 Å². The van der Waals surface area contributed by atoms with E-state index in [0.717, 1.165) is 5.92 Å². The molecule has 1 fully saturated rings. The summed E-state index contributed by atoms with van der Waals surface area (Å²) >= 11 is 3.55. The Kier molecular flexibility index (Phi) is 2.07. The summed E-state index contributed by atoms with van der Waals surface area (Å²) in [5.74, 6) is 0.978. The lowest BCUT2D eigenvalue weighted by molar-refractivity contribution is 0.129. The quantitative estimate of drug-likeness (QED) is 0.691.